The molecular weight excluding hydrogens is 270 g/mol. The number of hydrazine groups is 1. The van der Waals surface area contributed by atoms with Gasteiger partial charge in [0.05, 0.1) is 6.54 Å². The number of anilines is 2. The Hall–Kier alpha value is -1.66. The van der Waals surface area contributed by atoms with Crippen molar-refractivity contribution >= 4 is 23.0 Å². The Kier molecular flexibility index (Phi) is 4.57. The highest BCUT2D eigenvalue weighted by Crippen LogP contribution is 2.26. The molecule has 0 saturated carbocycles. The molecule has 0 aliphatic carbocycles. The van der Waals surface area contributed by atoms with Crippen LogP contribution in [-0.2, 0) is 6.54 Å². The van der Waals surface area contributed by atoms with Crippen LogP contribution in [0.25, 0.3) is 0 Å². The quantitative estimate of drug-likeness (QED) is 0.655. The lowest BCUT2D eigenvalue weighted by Gasteiger charge is -2.22. The Bertz CT molecular complexity index is 565. The highest BCUT2D eigenvalue weighted by molar-refractivity contribution is 7.09. The summed E-state index contributed by atoms with van der Waals surface area (Å²) in [5, 5.41) is 2.09. The van der Waals surface area contributed by atoms with E-state index in [9.17, 15) is 0 Å². The standard InChI is InChI=1S/C14H21N5S/c1-9(2)12-16-13(18-15)10(3)14(17-12)19(4)8-11-6-5-7-20-11/h5-7,9H,8,15H2,1-4H3,(H,16,17,18). The summed E-state index contributed by atoms with van der Waals surface area (Å²) in [6.07, 6.45) is 0. The van der Waals surface area contributed by atoms with Gasteiger partial charge >= 0.3 is 0 Å². The van der Waals surface area contributed by atoms with Gasteiger partial charge in [-0.25, -0.2) is 15.8 Å². The third-order valence-corrected chi connectivity index (χ3v) is 3.99. The molecule has 0 unspecified atom stereocenters. The van der Waals surface area contributed by atoms with Gasteiger partial charge in [0, 0.05) is 23.4 Å². The molecular formula is C14H21N5S. The SMILES string of the molecule is Cc1c(NN)nc(C(C)C)nc1N(C)Cc1cccs1. The second kappa shape index (κ2) is 6.19. The summed E-state index contributed by atoms with van der Waals surface area (Å²) in [7, 11) is 2.04. The Morgan fingerprint density at radius 3 is 2.70 bits per heavy atom. The first kappa shape index (κ1) is 14.7. The molecule has 2 aromatic rings. The molecule has 0 fully saturated rings. The molecule has 5 nitrogen and oxygen atoms in total. The molecule has 0 radical (unpaired) electrons. The molecule has 0 spiro atoms. The lowest BCUT2D eigenvalue weighted by molar-refractivity contribution is 0.760. The Morgan fingerprint density at radius 2 is 2.15 bits per heavy atom. The highest BCUT2D eigenvalue weighted by Gasteiger charge is 2.15. The van der Waals surface area contributed by atoms with Crippen LogP contribution in [0, 0.1) is 6.92 Å². The van der Waals surface area contributed by atoms with Crippen molar-refractivity contribution in [3.05, 3.63) is 33.8 Å². The number of thiophene rings is 1. The van der Waals surface area contributed by atoms with Gasteiger partial charge in [-0.15, -0.1) is 11.3 Å². The van der Waals surface area contributed by atoms with E-state index < -0.39 is 0 Å². The van der Waals surface area contributed by atoms with Gasteiger partial charge < -0.3 is 10.3 Å². The maximum absolute atomic E-state index is 5.57. The maximum atomic E-state index is 5.57. The number of hydrogen-bond donors (Lipinski definition) is 2. The third kappa shape index (κ3) is 3.08. The second-order valence-electron chi connectivity index (χ2n) is 5.11. The number of nitrogens with two attached hydrogens (primary N) is 1. The van der Waals surface area contributed by atoms with Crippen molar-refractivity contribution in [3.63, 3.8) is 0 Å². The number of nitrogens with one attached hydrogen (secondary N) is 1. The fraction of sp³-hybridized carbons (Fsp3) is 0.429. The molecule has 2 aromatic heterocycles. The lowest BCUT2D eigenvalue weighted by atomic mass is 10.2. The van der Waals surface area contributed by atoms with Gasteiger partial charge in [0.15, 0.2) is 0 Å². The molecule has 0 amide bonds. The van der Waals surface area contributed by atoms with Gasteiger partial charge in [0.2, 0.25) is 0 Å². The average Bonchev–Trinajstić information content (AvgIpc) is 2.91. The molecule has 20 heavy (non-hydrogen) atoms. The van der Waals surface area contributed by atoms with E-state index in [0.717, 1.165) is 23.8 Å². The lowest BCUT2D eigenvalue weighted by Crippen LogP contribution is -2.22. The molecule has 0 aromatic carbocycles. The zero-order valence-electron chi connectivity index (χ0n) is 12.3. The van der Waals surface area contributed by atoms with Crippen molar-refractivity contribution in [2.75, 3.05) is 17.4 Å². The summed E-state index contributed by atoms with van der Waals surface area (Å²) >= 11 is 1.75. The first-order chi connectivity index (χ1) is 9.52. The van der Waals surface area contributed by atoms with Crippen molar-refractivity contribution in [1.82, 2.24) is 9.97 Å². The number of nitrogens with zero attached hydrogens (tertiary/aromatic N) is 3. The summed E-state index contributed by atoms with van der Waals surface area (Å²) in [5.74, 6) is 8.24. The van der Waals surface area contributed by atoms with E-state index in [1.807, 2.05) is 14.0 Å². The van der Waals surface area contributed by atoms with Crippen LogP contribution in [0.2, 0.25) is 0 Å². The molecule has 2 rings (SSSR count). The first-order valence-corrected chi connectivity index (χ1v) is 7.49. The minimum Gasteiger partial charge on any atom is -0.354 e. The van der Waals surface area contributed by atoms with Crippen molar-refractivity contribution in [3.8, 4) is 0 Å². The van der Waals surface area contributed by atoms with Crippen LogP contribution in [0.4, 0.5) is 11.6 Å². The van der Waals surface area contributed by atoms with E-state index in [2.05, 4.69) is 51.7 Å². The van der Waals surface area contributed by atoms with Gasteiger partial charge in [-0.1, -0.05) is 19.9 Å². The maximum Gasteiger partial charge on any atom is 0.148 e. The van der Waals surface area contributed by atoms with Crippen LogP contribution < -0.4 is 16.2 Å². The molecule has 0 aliphatic heterocycles. The number of aromatic nitrogens is 2. The van der Waals surface area contributed by atoms with E-state index >= 15 is 0 Å². The van der Waals surface area contributed by atoms with E-state index in [1.54, 1.807) is 11.3 Å². The predicted octanol–water partition coefficient (Wildman–Crippen LogP) is 2.89. The summed E-state index contributed by atoms with van der Waals surface area (Å²) < 4.78 is 0. The van der Waals surface area contributed by atoms with Gasteiger partial charge in [-0.2, -0.15) is 0 Å². The predicted molar refractivity (Wildman–Crippen MR) is 85.1 cm³/mol. The fourth-order valence-electron chi connectivity index (χ4n) is 2.00. The molecule has 0 bridgehead atoms. The monoisotopic (exact) mass is 291 g/mol. The minimum atomic E-state index is 0.261. The van der Waals surface area contributed by atoms with Gasteiger partial charge in [0.1, 0.15) is 17.5 Å². The normalized spacial score (nSPS) is 10.9. The smallest absolute Gasteiger partial charge is 0.148 e. The molecule has 2 heterocycles. The molecule has 0 saturated heterocycles. The Balaban J connectivity index is 2.36. The van der Waals surface area contributed by atoms with E-state index in [4.69, 9.17) is 5.84 Å². The molecule has 108 valence electrons. The van der Waals surface area contributed by atoms with Crippen LogP contribution in [-0.4, -0.2) is 17.0 Å². The van der Waals surface area contributed by atoms with Crippen molar-refractivity contribution < 1.29 is 0 Å². The van der Waals surface area contributed by atoms with E-state index in [0.29, 0.717) is 5.82 Å². The molecule has 6 heteroatoms. The summed E-state index contributed by atoms with van der Waals surface area (Å²) in [5.41, 5.74) is 3.64. The van der Waals surface area contributed by atoms with Crippen LogP contribution in [0.5, 0.6) is 0 Å². The molecule has 0 aliphatic rings. The summed E-state index contributed by atoms with van der Waals surface area (Å²) in [6, 6.07) is 4.19. The van der Waals surface area contributed by atoms with E-state index in [1.165, 1.54) is 4.88 Å². The van der Waals surface area contributed by atoms with Gasteiger partial charge in [0.25, 0.3) is 0 Å². The topological polar surface area (TPSA) is 67.1 Å². The zero-order valence-corrected chi connectivity index (χ0v) is 13.2. The number of nitrogen functional groups attached to an aromatic ring is 1. The number of rotatable bonds is 5. The highest BCUT2D eigenvalue weighted by atomic mass is 32.1. The summed E-state index contributed by atoms with van der Waals surface area (Å²) in [4.78, 5) is 12.6. The first-order valence-electron chi connectivity index (χ1n) is 6.61. The van der Waals surface area contributed by atoms with Crippen LogP contribution >= 0.6 is 11.3 Å². The van der Waals surface area contributed by atoms with Gasteiger partial charge in [-0.3, -0.25) is 0 Å². The zero-order chi connectivity index (χ0) is 14.7. The second-order valence-corrected chi connectivity index (χ2v) is 6.15. The number of hydrogen-bond acceptors (Lipinski definition) is 6. The van der Waals surface area contributed by atoms with Crippen LogP contribution in [0.1, 0.15) is 36.0 Å². The van der Waals surface area contributed by atoms with E-state index in [-0.39, 0.29) is 5.92 Å². The van der Waals surface area contributed by atoms with Crippen molar-refractivity contribution in [2.24, 2.45) is 5.84 Å². The average molecular weight is 291 g/mol. The Morgan fingerprint density at radius 1 is 1.40 bits per heavy atom. The van der Waals surface area contributed by atoms with Gasteiger partial charge in [-0.05, 0) is 18.4 Å². The summed E-state index contributed by atoms with van der Waals surface area (Å²) in [6.45, 7) is 6.97. The molecule has 0 atom stereocenters. The van der Waals surface area contributed by atoms with Crippen molar-refractivity contribution in [1.29, 1.82) is 0 Å². The Labute approximate surface area is 123 Å². The van der Waals surface area contributed by atoms with Crippen LogP contribution in [0.3, 0.4) is 0 Å². The fourth-order valence-corrected chi connectivity index (χ4v) is 2.76. The minimum absolute atomic E-state index is 0.261. The largest absolute Gasteiger partial charge is 0.354 e. The van der Waals surface area contributed by atoms with Crippen molar-refractivity contribution in [2.45, 2.75) is 33.2 Å². The van der Waals surface area contributed by atoms with Crippen LogP contribution in [0.15, 0.2) is 17.5 Å². The molecule has 3 N–H and O–H groups in total. The third-order valence-electron chi connectivity index (χ3n) is 3.13.